The highest BCUT2D eigenvalue weighted by Crippen LogP contribution is 2.19. The summed E-state index contributed by atoms with van der Waals surface area (Å²) in [4.78, 5) is 6.78. The molecular weight excluding hydrogens is 242 g/mol. The van der Waals surface area contributed by atoms with E-state index < -0.39 is 16.1 Å². The molecule has 1 aliphatic heterocycles. The van der Waals surface area contributed by atoms with Crippen molar-refractivity contribution >= 4 is 10.0 Å². The van der Waals surface area contributed by atoms with E-state index in [2.05, 4.69) is 9.97 Å². The lowest BCUT2D eigenvalue weighted by Gasteiger charge is -2.28. The molecule has 1 aromatic heterocycles. The molecule has 96 valence electrons. The maximum atomic E-state index is 12.2. The molecule has 2 rings (SSSR count). The molecule has 0 aliphatic carbocycles. The number of piperidine rings is 1. The molecule has 0 aromatic carbocycles. The van der Waals surface area contributed by atoms with Gasteiger partial charge in [-0.15, -0.1) is 0 Å². The quantitative estimate of drug-likeness (QED) is 0.807. The number of β-amino-alcohol motifs (C(OH)–C–C–N with tert-alkyl or cyclic N) is 1. The molecule has 1 fully saturated rings. The van der Waals surface area contributed by atoms with E-state index in [4.69, 9.17) is 0 Å². The number of aromatic nitrogens is 2. The lowest BCUT2D eigenvalue weighted by atomic mass is 10.1. The van der Waals surface area contributed by atoms with E-state index in [9.17, 15) is 13.5 Å². The zero-order chi connectivity index (χ0) is 12.5. The summed E-state index contributed by atoms with van der Waals surface area (Å²) in [6.07, 6.45) is 2.80. The Labute approximate surface area is 101 Å². The summed E-state index contributed by atoms with van der Waals surface area (Å²) in [5.41, 5.74) is 0. The Hall–Kier alpha value is -0.920. The largest absolute Gasteiger partial charge is 0.392 e. The molecule has 0 spiro atoms. The van der Waals surface area contributed by atoms with Gasteiger partial charge in [0.15, 0.2) is 5.03 Å². The first-order valence-corrected chi connectivity index (χ1v) is 7.20. The molecule has 1 aromatic rings. The highest BCUT2D eigenvalue weighted by Gasteiger charge is 2.30. The number of aliphatic hydroxyl groups is 1. The molecule has 17 heavy (non-hydrogen) atoms. The molecular formula is C10H17N3O3S. The number of sulfonamides is 1. The predicted molar refractivity (Wildman–Crippen MR) is 62.0 cm³/mol. The third kappa shape index (κ3) is 2.51. The van der Waals surface area contributed by atoms with Crippen LogP contribution in [0.4, 0.5) is 0 Å². The average molecular weight is 259 g/mol. The van der Waals surface area contributed by atoms with Crippen LogP contribution < -0.4 is 0 Å². The van der Waals surface area contributed by atoms with Gasteiger partial charge in [-0.25, -0.2) is 13.4 Å². The summed E-state index contributed by atoms with van der Waals surface area (Å²) in [7, 11) is -3.53. The zero-order valence-electron chi connectivity index (χ0n) is 9.76. The highest BCUT2D eigenvalue weighted by molar-refractivity contribution is 7.89. The van der Waals surface area contributed by atoms with Crippen molar-refractivity contribution in [3.05, 3.63) is 12.0 Å². The third-order valence-corrected chi connectivity index (χ3v) is 4.69. The van der Waals surface area contributed by atoms with E-state index in [0.717, 1.165) is 0 Å². The number of aryl methyl sites for hydroxylation is 1. The summed E-state index contributed by atoms with van der Waals surface area (Å²) in [6.45, 7) is 2.53. The average Bonchev–Trinajstić information content (AvgIpc) is 2.78. The van der Waals surface area contributed by atoms with Crippen molar-refractivity contribution in [3.63, 3.8) is 0 Å². The number of rotatable bonds is 3. The fraction of sp³-hybridized carbons (Fsp3) is 0.700. The molecule has 7 heteroatoms. The van der Waals surface area contributed by atoms with E-state index in [1.54, 1.807) is 0 Å². The molecule has 1 atom stereocenters. The molecule has 0 amide bonds. The van der Waals surface area contributed by atoms with Crippen LogP contribution in [0, 0.1) is 0 Å². The molecule has 0 saturated carbocycles. The van der Waals surface area contributed by atoms with Crippen molar-refractivity contribution < 1.29 is 13.5 Å². The summed E-state index contributed by atoms with van der Waals surface area (Å²) in [5, 5.41) is 9.62. The van der Waals surface area contributed by atoms with E-state index in [-0.39, 0.29) is 11.6 Å². The first-order chi connectivity index (χ1) is 8.04. The number of nitrogens with one attached hydrogen (secondary N) is 1. The number of aliphatic hydroxyl groups excluding tert-OH is 1. The van der Waals surface area contributed by atoms with Crippen molar-refractivity contribution in [2.45, 2.75) is 37.3 Å². The smallest absolute Gasteiger partial charge is 0.260 e. The highest BCUT2D eigenvalue weighted by atomic mass is 32.2. The molecule has 1 aliphatic rings. The van der Waals surface area contributed by atoms with Crippen LogP contribution in [0.5, 0.6) is 0 Å². The SMILES string of the molecule is CCc1ncc(S(=O)(=O)N2CCC[C@H](O)C2)[nH]1. The van der Waals surface area contributed by atoms with Crippen LogP contribution in [0.1, 0.15) is 25.6 Å². The number of H-pyrrole nitrogens is 1. The van der Waals surface area contributed by atoms with Crippen LogP contribution >= 0.6 is 0 Å². The molecule has 2 heterocycles. The first-order valence-electron chi connectivity index (χ1n) is 5.76. The minimum atomic E-state index is -3.53. The van der Waals surface area contributed by atoms with Crippen molar-refractivity contribution in [1.82, 2.24) is 14.3 Å². The summed E-state index contributed by atoms with van der Waals surface area (Å²) in [6, 6.07) is 0. The molecule has 0 radical (unpaired) electrons. The van der Waals surface area contributed by atoms with Crippen LogP contribution in [0.2, 0.25) is 0 Å². The standard InChI is InChI=1S/C10H17N3O3S/c1-2-9-11-6-10(12-9)17(15,16)13-5-3-4-8(14)7-13/h6,8,14H,2-5,7H2,1H3,(H,11,12)/t8-/m0/s1. The Morgan fingerprint density at radius 1 is 1.65 bits per heavy atom. The van der Waals surface area contributed by atoms with Gasteiger partial charge >= 0.3 is 0 Å². The van der Waals surface area contributed by atoms with Gasteiger partial charge in [0, 0.05) is 19.5 Å². The zero-order valence-corrected chi connectivity index (χ0v) is 10.6. The lowest BCUT2D eigenvalue weighted by molar-refractivity contribution is 0.108. The molecule has 6 nitrogen and oxygen atoms in total. The Kier molecular flexibility index (Phi) is 3.50. The number of hydrogen-bond donors (Lipinski definition) is 2. The van der Waals surface area contributed by atoms with Gasteiger partial charge in [-0.05, 0) is 12.8 Å². The molecule has 2 N–H and O–H groups in total. The summed E-state index contributed by atoms with van der Waals surface area (Å²) < 4.78 is 25.7. The normalized spacial score (nSPS) is 22.8. The Morgan fingerprint density at radius 2 is 2.41 bits per heavy atom. The summed E-state index contributed by atoms with van der Waals surface area (Å²) >= 11 is 0. The fourth-order valence-electron chi connectivity index (χ4n) is 1.93. The van der Waals surface area contributed by atoms with Crippen LogP contribution in [0.25, 0.3) is 0 Å². The second-order valence-electron chi connectivity index (χ2n) is 4.21. The maximum absolute atomic E-state index is 12.2. The molecule has 0 unspecified atom stereocenters. The van der Waals surface area contributed by atoms with E-state index in [1.807, 2.05) is 6.92 Å². The maximum Gasteiger partial charge on any atom is 0.260 e. The molecule has 1 saturated heterocycles. The predicted octanol–water partition coefficient (Wildman–Crippen LogP) is 0.118. The van der Waals surface area contributed by atoms with Crippen LogP contribution in [0.15, 0.2) is 11.2 Å². The van der Waals surface area contributed by atoms with Crippen molar-refractivity contribution in [2.75, 3.05) is 13.1 Å². The van der Waals surface area contributed by atoms with E-state index >= 15 is 0 Å². The minimum Gasteiger partial charge on any atom is -0.392 e. The minimum absolute atomic E-state index is 0.114. The second kappa shape index (κ2) is 4.75. The Morgan fingerprint density at radius 3 is 3.00 bits per heavy atom. The Balaban J connectivity index is 2.23. The van der Waals surface area contributed by atoms with Crippen molar-refractivity contribution in [3.8, 4) is 0 Å². The van der Waals surface area contributed by atoms with E-state index in [0.29, 0.717) is 31.6 Å². The topological polar surface area (TPSA) is 86.3 Å². The monoisotopic (exact) mass is 259 g/mol. The fourth-order valence-corrected chi connectivity index (χ4v) is 3.38. The number of hydrogen-bond acceptors (Lipinski definition) is 4. The third-order valence-electron chi connectivity index (χ3n) is 2.92. The van der Waals surface area contributed by atoms with Gasteiger partial charge in [0.2, 0.25) is 0 Å². The van der Waals surface area contributed by atoms with Crippen molar-refractivity contribution in [1.29, 1.82) is 0 Å². The van der Waals surface area contributed by atoms with Gasteiger partial charge in [0.25, 0.3) is 10.0 Å². The summed E-state index contributed by atoms with van der Waals surface area (Å²) in [5.74, 6) is 0.654. The van der Waals surface area contributed by atoms with Gasteiger partial charge < -0.3 is 10.1 Å². The van der Waals surface area contributed by atoms with Gasteiger partial charge in [-0.2, -0.15) is 4.31 Å². The number of aromatic amines is 1. The molecule has 0 bridgehead atoms. The lowest BCUT2D eigenvalue weighted by Crippen LogP contribution is -2.42. The van der Waals surface area contributed by atoms with Crippen molar-refractivity contribution in [2.24, 2.45) is 0 Å². The van der Waals surface area contributed by atoms with E-state index in [1.165, 1.54) is 10.5 Å². The van der Waals surface area contributed by atoms with Gasteiger partial charge in [0.05, 0.1) is 12.3 Å². The number of nitrogens with zero attached hydrogens (tertiary/aromatic N) is 2. The Bertz CT molecular complexity index is 483. The van der Waals surface area contributed by atoms with Crippen LogP contribution in [-0.2, 0) is 16.4 Å². The first kappa shape index (κ1) is 12.5. The second-order valence-corrected chi connectivity index (χ2v) is 6.11. The van der Waals surface area contributed by atoms with Gasteiger partial charge in [0.1, 0.15) is 5.82 Å². The van der Waals surface area contributed by atoms with Crippen LogP contribution in [-0.4, -0.2) is 47.0 Å². The van der Waals surface area contributed by atoms with Gasteiger partial charge in [-0.1, -0.05) is 6.92 Å². The van der Waals surface area contributed by atoms with Gasteiger partial charge in [-0.3, -0.25) is 0 Å². The van der Waals surface area contributed by atoms with Crippen LogP contribution in [0.3, 0.4) is 0 Å². The number of imidazole rings is 1.